The van der Waals surface area contributed by atoms with E-state index in [2.05, 4.69) is 42.2 Å². The Morgan fingerprint density at radius 2 is 1.66 bits per heavy atom. The number of carbonyl (C=O) groups is 2. The third kappa shape index (κ3) is 4.06. The van der Waals surface area contributed by atoms with Gasteiger partial charge in [0, 0.05) is 45.0 Å². The summed E-state index contributed by atoms with van der Waals surface area (Å²) in [5, 5.41) is 0. The van der Waals surface area contributed by atoms with Gasteiger partial charge in [-0.05, 0) is 43.0 Å². The van der Waals surface area contributed by atoms with Crippen molar-refractivity contribution in [2.24, 2.45) is 5.92 Å². The number of hydrogen-bond acceptors (Lipinski definition) is 3. The standard InChI is InChI=1S/C24H29N3O2/c1-18-7-6-10-22(19(18)2)27-12-11-21(24(27)29)23(28)26-15-13-25(14-16-26)17-20-8-4-3-5-9-20/h3-10,21H,11-17H2,1-2H3/t21-/m1/s1. The molecule has 0 aromatic heterocycles. The second kappa shape index (κ2) is 8.37. The van der Waals surface area contributed by atoms with Crippen LogP contribution in [0.1, 0.15) is 23.1 Å². The number of carbonyl (C=O) groups excluding carboxylic acids is 2. The van der Waals surface area contributed by atoms with E-state index in [0.717, 1.165) is 30.9 Å². The van der Waals surface area contributed by atoms with Crippen molar-refractivity contribution in [3.63, 3.8) is 0 Å². The van der Waals surface area contributed by atoms with Gasteiger partial charge in [0.15, 0.2) is 0 Å². The third-order valence-corrected chi connectivity index (χ3v) is 6.30. The molecule has 2 aliphatic rings. The quantitative estimate of drug-likeness (QED) is 0.753. The van der Waals surface area contributed by atoms with Gasteiger partial charge in [-0.1, -0.05) is 42.5 Å². The van der Waals surface area contributed by atoms with Crippen molar-refractivity contribution in [2.75, 3.05) is 37.6 Å². The number of anilines is 1. The molecule has 0 saturated carbocycles. The molecular weight excluding hydrogens is 362 g/mol. The lowest BCUT2D eigenvalue weighted by Gasteiger charge is -2.35. The SMILES string of the molecule is Cc1cccc(N2CC[C@H](C(=O)N3CCN(Cc4ccccc4)CC3)C2=O)c1C. The summed E-state index contributed by atoms with van der Waals surface area (Å²) in [6, 6.07) is 16.4. The number of piperazine rings is 1. The topological polar surface area (TPSA) is 43.9 Å². The molecule has 152 valence electrons. The molecule has 2 aromatic rings. The molecule has 2 heterocycles. The zero-order valence-electron chi connectivity index (χ0n) is 17.3. The first-order valence-corrected chi connectivity index (χ1v) is 10.5. The maximum atomic E-state index is 13.1. The van der Waals surface area contributed by atoms with Gasteiger partial charge < -0.3 is 9.80 Å². The van der Waals surface area contributed by atoms with Gasteiger partial charge >= 0.3 is 0 Å². The summed E-state index contributed by atoms with van der Waals surface area (Å²) in [6.45, 7) is 8.71. The number of aryl methyl sites for hydroxylation is 1. The van der Waals surface area contributed by atoms with Gasteiger partial charge in [-0.15, -0.1) is 0 Å². The molecule has 0 unspecified atom stereocenters. The highest BCUT2D eigenvalue weighted by Gasteiger charge is 2.40. The van der Waals surface area contributed by atoms with E-state index in [-0.39, 0.29) is 11.8 Å². The third-order valence-electron chi connectivity index (χ3n) is 6.30. The van der Waals surface area contributed by atoms with Crippen LogP contribution < -0.4 is 4.90 Å². The molecular formula is C24H29N3O2. The van der Waals surface area contributed by atoms with Crippen LogP contribution in [-0.2, 0) is 16.1 Å². The number of nitrogens with zero attached hydrogens (tertiary/aromatic N) is 3. The molecule has 4 rings (SSSR count). The zero-order valence-corrected chi connectivity index (χ0v) is 17.3. The van der Waals surface area contributed by atoms with E-state index in [4.69, 9.17) is 0 Å². The minimum atomic E-state index is -0.532. The molecule has 5 nitrogen and oxygen atoms in total. The Morgan fingerprint density at radius 3 is 2.38 bits per heavy atom. The van der Waals surface area contributed by atoms with Crippen molar-refractivity contribution in [3.05, 3.63) is 65.2 Å². The van der Waals surface area contributed by atoms with Crippen LogP contribution in [0.15, 0.2) is 48.5 Å². The van der Waals surface area contributed by atoms with Gasteiger partial charge in [0.2, 0.25) is 11.8 Å². The summed E-state index contributed by atoms with van der Waals surface area (Å²) >= 11 is 0. The number of benzene rings is 2. The predicted molar refractivity (Wildman–Crippen MR) is 115 cm³/mol. The fraction of sp³-hybridized carbons (Fsp3) is 0.417. The monoisotopic (exact) mass is 391 g/mol. The molecule has 0 aliphatic carbocycles. The van der Waals surface area contributed by atoms with Crippen molar-refractivity contribution in [2.45, 2.75) is 26.8 Å². The van der Waals surface area contributed by atoms with Gasteiger partial charge in [-0.3, -0.25) is 14.5 Å². The van der Waals surface area contributed by atoms with Crippen molar-refractivity contribution in [1.29, 1.82) is 0 Å². The normalized spacial score (nSPS) is 20.3. The van der Waals surface area contributed by atoms with E-state index in [1.165, 1.54) is 11.1 Å². The van der Waals surface area contributed by atoms with Crippen LogP contribution in [0.3, 0.4) is 0 Å². The molecule has 0 spiro atoms. The molecule has 2 aliphatic heterocycles. The van der Waals surface area contributed by atoms with Crippen molar-refractivity contribution in [1.82, 2.24) is 9.80 Å². The predicted octanol–water partition coefficient (Wildman–Crippen LogP) is 3.00. The Kier molecular flexibility index (Phi) is 5.67. The van der Waals surface area contributed by atoms with Crippen LogP contribution in [-0.4, -0.2) is 54.3 Å². The van der Waals surface area contributed by atoms with Gasteiger partial charge in [-0.25, -0.2) is 0 Å². The summed E-state index contributed by atoms with van der Waals surface area (Å²) in [5.41, 5.74) is 4.52. The molecule has 2 amide bonds. The first kappa shape index (κ1) is 19.6. The molecule has 1 atom stereocenters. The summed E-state index contributed by atoms with van der Waals surface area (Å²) < 4.78 is 0. The minimum Gasteiger partial charge on any atom is -0.339 e. The highest BCUT2D eigenvalue weighted by molar-refractivity contribution is 6.10. The Labute approximate surface area is 172 Å². The minimum absolute atomic E-state index is 0.00201. The Bertz CT molecular complexity index is 888. The average molecular weight is 392 g/mol. The molecule has 29 heavy (non-hydrogen) atoms. The second-order valence-electron chi connectivity index (χ2n) is 8.14. The Hall–Kier alpha value is -2.66. The summed E-state index contributed by atoms with van der Waals surface area (Å²) in [4.78, 5) is 32.2. The molecule has 0 bridgehead atoms. The van der Waals surface area contributed by atoms with Gasteiger partial charge in [0.25, 0.3) is 0 Å². The molecule has 2 aromatic carbocycles. The highest BCUT2D eigenvalue weighted by atomic mass is 16.2. The Morgan fingerprint density at radius 1 is 0.931 bits per heavy atom. The van der Waals surface area contributed by atoms with Crippen molar-refractivity contribution >= 4 is 17.5 Å². The summed E-state index contributed by atoms with van der Waals surface area (Å²) in [5.74, 6) is -0.576. The molecule has 2 saturated heterocycles. The van der Waals surface area contributed by atoms with Crippen LogP contribution in [0, 0.1) is 19.8 Å². The fourth-order valence-electron chi connectivity index (χ4n) is 4.36. The number of amides is 2. The Balaban J connectivity index is 1.36. The smallest absolute Gasteiger partial charge is 0.239 e. The fourth-order valence-corrected chi connectivity index (χ4v) is 4.36. The first-order valence-electron chi connectivity index (χ1n) is 10.5. The van der Waals surface area contributed by atoms with Gasteiger partial charge in [0.05, 0.1) is 0 Å². The van der Waals surface area contributed by atoms with E-state index >= 15 is 0 Å². The van der Waals surface area contributed by atoms with E-state index in [0.29, 0.717) is 26.1 Å². The van der Waals surface area contributed by atoms with Crippen LogP contribution >= 0.6 is 0 Å². The van der Waals surface area contributed by atoms with Gasteiger partial charge in [0.1, 0.15) is 5.92 Å². The zero-order chi connectivity index (χ0) is 20.4. The first-order chi connectivity index (χ1) is 14.0. The highest BCUT2D eigenvalue weighted by Crippen LogP contribution is 2.30. The van der Waals surface area contributed by atoms with Crippen LogP contribution in [0.4, 0.5) is 5.69 Å². The summed E-state index contributed by atoms with van der Waals surface area (Å²) in [6.07, 6.45) is 0.606. The lowest BCUT2D eigenvalue weighted by Crippen LogP contribution is -2.51. The number of hydrogen-bond donors (Lipinski definition) is 0. The average Bonchev–Trinajstić information content (AvgIpc) is 3.12. The van der Waals surface area contributed by atoms with Crippen LogP contribution in [0.5, 0.6) is 0 Å². The molecule has 2 fully saturated rings. The summed E-state index contributed by atoms with van der Waals surface area (Å²) in [7, 11) is 0. The van der Waals surface area contributed by atoms with Crippen LogP contribution in [0.25, 0.3) is 0 Å². The van der Waals surface area contributed by atoms with Gasteiger partial charge in [-0.2, -0.15) is 0 Å². The lowest BCUT2D eigenvalue weighted by atomic mass is 10.1. The molecule has 0 N–H and O–H groups in total. The molecule has 5 heteroatoms. The van der Waals surface area contributed by atoms with Crippen molar-refractivity contribution in [3.8, 4) is 0 Å². The van der Waals surface area contributed by atoms with Crippen LogP contribution in [0.2, 0.25) is 0 Å². The maximum absolute atomic E-state index is 13.1. The van der Waals surface area contributed by atoms with E-state index in [1.54, 1.807) is 4.90 Å². The van der Waals surface area contributed by atoms with Crippen molar-refractivity contribution < 1.29 is 9.59 Å². The van der Waals surface area contributed by atoms with E-state index in [9.17, 15) is 9.59 Å². The lowest BCUT2D eigenvalue weighted by molar-refractivity contribution is -0.141. The molecule has 0 radical (unpaired) electrons. The van der Waals surface area contributed by atoms with E-state index < -0.39 is 5.92 Å². The number of rotatable bonds is 4. The maximum Gasteiger partial charge on any atom is 0.239 e. The largest absolute Gasteiger partial charge is 0.339 e. The second-order valence-corrected chi connectivity index (χ2v) is 8.14. The van der Waals surface area contributed by atoms with E-state index in [1.807, 2.05) is 30.0 Å².